The van der Waals surface area contributed by atoms with E-state index >= 15 is 0 Å². The number of hydrogen-bond donors (Lipinski definition) is 0. The Balaban J connectivity index is 2.12. The largest absolute Gasteiger partial charge is 0.485 e. The van der Waals surface area contributed by atoms with E-state index in [9.17, 15) is 0 Å². The smallest absolute Gasteiger partial charge is 0.162 e. The van der Waals surface area contributed by atoms with Gasteiger partial charge in [0.05, 0.1) is 6.26 Å². The Morgan fingerprint density at radius 2 is 1.29 bits per heavy atom. The molecular weight excluding hydrogens is 208 g/mol. The van der Waals surface area contributed by atoms with Crippen molar-refractivity contribution in [1.82, 2.24) is 0 Å². The van der Waals surface area contributed by atoms with Crippen molar-refractivity contribution < 1.29 is 4.74 Å². The van der Waals surface area contributed by atoms with Gasteiger partial charge in [-0.05, 0) is 6.08 Å². The Bertz CT molecular complexity index is 464. The first-order chi connectivity index (χ1) is 8.42. The molecule has 0 aliphatic carbocycles. The van der Waals surface area contributed by atoms with E-state index in [1.54, 1.807) is 6.26 Å². The monoisotopic (exact) mass is 222 g/mol. The molecule has 3 rings (SSSR count). The fourth-order valence-electron chi connectivity index (χ4n) is 2.38. The van der Waals surface area contributed by atoms with Gasteiger partial charge < -0.3 is 4.74 Å². The Hall–Kier alpha value is -2.02. The van der Waals surface area contributed by atoms with Gasteiger partial charge in [-0.2, -0.15) is 0 Å². The normalized spacial score (nSPS) is 16.7. The maximum Gasteiger partial charge on any atom is 0.162 e. The van der Waals surface area contributed by atoms with Gasteiger partial charge >= 0.3 is 0 Å². The molecule has 17 heavy (non-hydrogen) atoms. The van der Waals surface area contributed by atoms with Crippen LogP contribution in [0.4, 0.5) is 0 Å². The summed E-state index contributed by atoms with van der Waals surface area (Å²) in [6.45, 7) is 0. The number of benzene rings is 2. The fraction of sp³-hybridized carbons (Fsp3) is 0.125. The molecule has 0 fully saturated rings. The number of rotatable bonds is 2. The Morgan fingerprint density at radius 3 is 1.71 bits per heavy atom. The van der Waals surface area contributed by atoms with Crippen molar-refractivity contribution in [2.45, 2.75) is 12.0 Å². The molecule has 1 heterocycles. The average molecular weight is 222 g/mol. The summed E-state index contributed by atoms with van der Waals surface area (Å²) >= 11 is 0. The first-order valence-electron chi connectivity index (χ1n) is 5.86. The predicted molar refractivity (Wildman–Crippen MR) is 68.5 cm³/mol. The molecule has 0 aromatic heterocycles. The van der Waals surface area contributed by atoms with Crippen molar-refractivity contribution in [1.29, 1.82) is 0 Å². The molecule has 0 N–H and O–H groups in total. The molecule has 0 atom stereocenters. The minimum absolute atomic E-state index is 0.331. The van der Waals surface area contributed by atoms with E-state index < -0.39 is 0 Å². The fourth-order valence-corrected chi connectivity index (χ4v) is 2.38. The maximum atomic E-state index is 5.93. The van der Waals surface area contributed by atoms with Crippen LogP contribution in [0.3, 0.4) is 0 Å². The highest BCUT2D eigenvalue weighted by atomic mass is 16.5. The van der Waals surface area contributed by atoms with Gasteiger partial charge in [0.15, 0.2) is 5.60 Å². The van der Waals surface area contributed by atoms with Crippen molar-refractivity contribution >= 4 is 0 Å². The van der Waals surface area contributed by atoms with Crippen LogP contribution in [0.1, 0.15) is 17.5 Å². The second-order valence-corrected chi connectivity index (χ2v) is 4.25. The summed E-state index contributed by atoms with van der Waals surface area (Å²) in [5.74, 6) is 0. The molecule has 0 radical (unpaired) electrons. The van der Waals surface area contributed by atoms with Crippen LogP contribution < -0.4 is 0 Å². The molecule has 2 aromatic carbocycles. The SMILES string of the molecule is C1=COC(c2ccccc2)(c2ccccc2)C1. The highest BCUT2D eigenvalue weighted by Gasteiger charge is 2.36. The quantitative estimate of drug-likeness (QED) is 0.749. The van der Waals surface area contributed by atoms with Crippen molar-refractivity contribution in [3.63, 3.8) is 0 Å². The lowest BCUT2D eigenvalue weighted by molar-refractivity contribution is 0.0832. The van der Waals surface area contributed by atoms with Crippen molar-refractivity contribution in [2.24, 2.45) is 0 Å². The summed E-state index contributed by atoms with van der Waals surface area (Å²) in [7, 11) is 0. The predicted octanol–water partition coefficient (Wildman–Crippen LogP) is 3.86. The van der Waals surface area contributed by atoms with Crippen LogP contribution in [-0.4, -0.2) is 0 Å². The maximum absolute atomic E-state index is 5.93. The van der Waals surface area contributed by atoms with E-state index in [2.05, 4.69) is 54.6 Å². The summed E-state index contributed by atoms with van der Waals surface area (Å²) in [6, 6.07) is 20.8. The van der Waals surface area contributed by atoms with E-state index in [-0.39, 0.29) is 5.60 Å². The zero-order chi connectivity index (χ0) is 11.6. The van der Waals surface area contributed by atoms with Crippen LogP contribution in [0, 0.1) is 0 Å². The summed E-state index contributed by atoms with van der Waals surface area (Å²) in [6.07, 6.45) is 4.78. The van der Waals surface area contributed by atoms with Crippen LogP contribution in [-0.2, 0) is 10.3 Å². The van der Waals surface area contributed by atoms with Crippen LogP contribution in [0.2, 0.25) is 0 Å². The van der Waals surface area contributed by atoms with Crippen LogP contribution in [0.5, 0.6) is 0 Å². The van der Waals surface area contributed by atoms with Crippen LogP contribution in [0.15, 0.2) is 73.0 Å². The van der Waals surface area contributed by atoms with Gasteiger partial charge in [-0.15, -0.1) is 0 Å². The van der Waals surface area contributed by atoms with Gasteiger partial charge in [0.25, 0.3) is 0 Å². The third-order valence-electron chi connectivity index (χ3n) is 3.25. The molecule has 0 unspecified atom stereocenters. The molecule has 0 amide bonds. The molecule has 1 heteroatoms. The van der Waals surface area contributed by atoms with Gasteiger partial charge in [0.1, 0.15) is 0 Å². The van der Waals surface area contributed by atoms with Gasteiger partial charge in [-0.1, -0.05) is 60.7 Å². The molecule has 0 saturated carbocycles. The van der Waals surface area contributed by atoms with E-state index in [4.69, 9.17) is 4.74 Å². The molecular formula is C16H14O. The third kappa shape index (κ3) is 1.64. The minimum Gasteiger partial charge on any atom is -0.485 e. The highest BCUT2D eigenvalue weighted by Crippen LogP contribution is 2.40. The lowest BCUT2D eigenvalue weighted by Crippen LogP contribution is -2.26. The average Bonchev–Trinajstić information content (AvgIpc) is 2.91. The van der Waals surface area contributed by atoms with E-state index in [1.807, 2.05) is 12.1 Å². The molecule has 2 aromatic rings. The molecule has 1 aliphatic heterocycles. The standard InChI is InChI=1S/C16H14O/c1-3-8-14(9-4-1)16(12-7-13-17-16)15-10-5-2-6-11-15/h1-11,13H,12H2. The second-order valence-electron chi connectivity index (χ2n) is 4.25. The van der Waals surface area contributed by atoms with Gasteiger partial charge in [-0.3, -0.25) is 0 Å². The number of ether oxygens (including phenoxy) is 1. The lowest BCUT2D eigenvalue weighted by Gasteiger charge is -2.29. The molecule has 0 bridgehead atoms. The van der Waals surface area contributed by atoms with Crippen LogP contribution >= 0.6 is 0 Å². The molecule has 1 aliphatic rings. The van der Waals surface area contributed by atoms with Crippen molar-refractivity contribution in [3.05, 3.63) is 84.1 Å². The Morgan fingerprint density at radius 1 is 0.765 bits per heavy atom. The molecule has 84 valence electrons. The van der Waals surface area contributed by atoms with E-state index in [0.717, 1.165) is 6.42 Å². The van der Waals surface area contributed by atoms with Gasteiger partial charge in [0.2, 0.25) is 0 Å². The Labute approximate surface area is 101 Å². The number of hydrogen-bond acceptors (Lipinski definition) is 1. The van der Waals surface area contributed by atoms with Crippen molar-refractivity contribution in [3.8, 4) is 0 Å². The third-order valence-corrected chi connectivity index (χ3v) is 3.25. The van der Waals surface area contributed by atoms with Gasteiger partial charge in [-0.25, -0.2) is 0 Å². The summed E-state index contributed by atoms with van der Waals surface area (Å²) < 4.78 is 5.93. The van der Waals surface area contributed by atoms with Crippen molar-refractivity contribution in [2.75, 3.05) is 0 Å². The van der Waals surface area contributed by atoms with E-state index in [0.29, 0.717) is 0 Å². The molecule has 0 spiro atoms. The Kier molecular flexibility index (Phi) is 2.45. The minimum atomic E-state index is -0.331. The summed E-state index contributed by atoms with van der Waals surface area (Å²) in [4.78, 5) is 0. The highest BCUT2D eigenvalue weighted by molar-refractivity contribution is 5.38. The lowest BCUT2D eigenvalue weighted by atomic mass is 9.84. The first kappa shape index (κ1) is 10.2. The zero-order valence-corrected chi connectivity index (χ0v) is 9.54. The zero-order valence-electron chi connectivity index (χ0n) is 9.54. The summed E-state index contributed by atoms with van der Waals surface area (Å²) in [5.41, 5.74) is 2.08. The van der Waals surface area contributed by atoms with Gasteiger partial charge in [0, 0.05) is 17.5 Å². The summed E-state index contributed by atoms with van der Waals surface area (Å²) in [5, 5.41) is 0. The topological polar surface area (TPSA) is 9.23 Å². The van der Waals surface area contributed by atoms with Crippen LogP contribution in [0.25, 0.3) is 0 Å². The second kappa shape index (κ2) is 4.10. The molecule has 1 nitrogen and oxygen atoms in total. The molecule has 0 saturated heterocycles. The van der Waals surface area contributed by atoms with E-state index in [1.165, 1.54) is 11.1 Å². The first-order valence-corrected chi connectivity index (χ1v) is 5.86.